The average Bonchev–Trinajstić information content (AvgIpc) is 3.25. The van der Waals surface area contributed by atoms with Crippen LogP contribution >= 0.6 is 24.0 Å². The molecule has 1 aliphatic heterocycles. The predicted molar refractivity (Wildman–Crippen MR) is 136 cm³/mol. The van der Waals surface area contributed by atoms with Crippen molar-refractivity contribution in [2.45, 2.75) is 46.6 Å². The monoisotopic (exact) mass is 563 g/mol. The molecule has 0 bridgehead atoms. The van der Waals surface area contributed by atoms with Gasteiger partial charge in [0.1, 0.15) is 5.60 Å². The number of ether oxygens (including phenoxy) is 1. The van der Waals surface area contributed by atoms with Crippen LogP contribution in [0.25, 0.3) is 0 Å². The zero-order chi connectivity index (χ0) is 22.9. The number of rotatable bonds is 7. The van der Waals surface area contributed by atoms with Gasteiger partial charge in [0.15, 0.2) is 11.7 Å². The first-order valence-corrected chi connectivity index (χ1v) is 11.1. The number of hydrogen-bond acceptors (Lipinski definition) is 5. The van der Waals surface area contributed by atoms with Gasteiger partial charge in [-0.1, -0.05) is 6.92 Å². The molecule has 10 heteroatoms. The molecule has 182 valence electrons. The first-order valence-electron chi connectivity index (χ1n) is 11.1. The van der Waals surface area contributed by atoms with E-state index in [1.54, 1.807) is 21.9 Å². The molecule has 0 atom stereocenters. The van der Waals surface area contributed by atoms with E-state index in [1.165, 1.54) is 6.26 Å². The molecule has 1 saturated heterocycles. The Hall–Kier alpha value is -1.98. The highest BCUT2D eigenvalue weighted by Gasteiger charge is 2.25. The number of carbonyl (C=O) groups is 2. The van der Waals surface area contributed by atoms with Crippen LogP contribution in [0.15, 0.2) is 27.8 Å². The van der Waals surface area contributed by atoms with E-state index in [1.807, 2.05) is 34.6 Å². The van der Waals surface area contributed by atoms with Crippen LogP contribution in [0.5, 0.6) is 0 Å². The van der Waals surface area contributed by atoms with E-state index in [4.69, 9.17) is 14.1 Å². The van der Waals surface area contributed by atoms with Gasteiger partial charge in [0, 0.05) is 45.8 Å². The largest absolute Gasteiger partial charge is 0.459 e. The normalized spacial score (nSPS) is 14.6. The summed E-state index contributed by atoms with van der Waals surface area (Å²) in [5.41, 5.74) is -0.520. The van der Waals surface area contributed by atoms with E-state index in [0.717, 1.165) is 18.9 Å². The third-order valence-electron chi connectivity index (χ3n) is 4.71. The van der Waals surface area contributed by atoms with Gasteiger partial charge in [-0.05, 0) is 46.2 Å². The van der Waals surface area contributed by atoms with Crippen LogP contribution < -0.4 is 5.32 Å². The highest BCUT2D eigenvalue weighted by atomic mass is 127. The molecule has 1 N–H and O–H groups in total. The lowest BCUT2D eigenvalue weighted by Crippen LogP contribution is -2.54. The number of nitrogens with zero attached hydrogens (tertiary/aromatic N) is 4. The number of nitrogens with one attached hydrogen (secondary N) is 1. The maximum Gasteiger partial charge on any atom is 0.410 e. The molecule has 1 aromatic rings. The number of amides is 2. The van der Waals surface area contributed by atoms with Crippen molar-refractivity contribution < 1.29 is 18.7 Å². The van der Waals surface area contributed by atoms with Gasteiger partial charge in [-0.3, -0.25) is 9.79 Å². The zero-order valence-corrected chi connectivity index (χ0v) is 22.3. The zero-order valence-electron chi connectivity index (χ0n) is 19.9. The van der Waals surface area contributed by atoms with Crippen LogP contribution in [0.2, 0.25) is 0 Å². The Morgan fingerprint density at radius 1 is 1.16 bits per heavy atom. The molecular formula is C22H38IN5O4. The molecule has 0 aromatic carbocycles. The lowest BCUT2D eigenvalue weighted by molar-refractivity contribution is 0.0255. The SMILES string of the molecule is CCCN(CCN=C(NCC)N1CCN(C(=O)c2ccco2)CC1)C(=O)OC(C)(C)C.I. The number of piperazine rings is 1. The van der Waals surface area contributed by atoms with Crippen LogP contribution in [-0.4, -0.2) is 90.6 Å². The molecule has 2 heterocycles. The van der Waals surface area contributed by atoms with Crippen molar-refractivity contribution in [1.82, 2.24) is 20.0 Å². The summed E-state index contributed by atoms with van der Waals surface area (Å²) in [6.45, 7) is 14.6. The first kappa shape index (κ1) is 28.1. The van der Waals surface area contributed by atoms with Crippen molar-refractivity contribution >= 4 is 41.9 Å². The summed E-state index contributed by atoms with van der Waals surface area (Å²) >= 11 is 0. The lowest BCUT2D eigenvalue weighted by Gasteiger charge is -2.36. The molecular weight excluding hydrogens is 525 g/mol. The van der Waals surface area contributed by atoms with Crippen LogP contribution in [0.3, 0.4) is 0 Å². The minimum atomic E-state index is -0.520. The maximum absolute atomic E-state index is 12.5. The summed E-state index contributed by atoms with van der Waals surface area (Å²) in [4.78, 5) is 35.3. The highest BCUT2D eigenvalue weighted by molar-refractivity contribution is 14.0. The number of furan rings is 1. The Kier molecular flexibility index (Phi) is 11.9. The molecule has 9 nitrogen and oxygen atoms in total. The van der Waals surface area contributed by atoms with E-state index < -0.39 is 5.60 Å². The Bertz CT molecular complexity index is 725. The lowest BCUT2D eigenvalue weighted by atomic mass is 10.2. The second-order valence-corrected chi connectivity index (χ2v) is 8.46. The van der Waals surface area contributed by atoms with Crippen molar-refractivity contribution in [2.75, 3.05) is 52.4 Å². The van der Waals surface area contributed by atoms with Gasteiger partial charge < -0.3 is 29.2 Å². The van der Waals surface area contributed by atoms with Gasteiger partial charge in [-0.25, -0.2) is 4.79 Å². The molecule has 0 saturated carbocycles. The van der Waals surface area contributed by atoms with Gasteiger partial charge in [-0.15, -0.1) is 24.0 Å². The fourth-order valence-electron chi connectivity index (χ4n) is 3.27. The molecule has 2 rings (SSSR count). The molecule has 2 amide bonds. The Morgan fingerprint density at radius 2 is 1.81 bits per heavy atom. The van der Waals surface area contributed by atoms with E-state index in [0.29, 0.717) is 51.6 Å². The average molecular weight is 563 g/mol. The molecule has 0 spiro atoms. The van der Waals surface area contributed by atoms with Gasteiger partial charge >= 0.3 is 6.09 Å². The maximum atomic E-state index is 12.5. The number of guanidine groups is 1. The van der Waals surface area contributed by atoms with E-state index in [2.05, 4.69) is 10.2 Å². The Balaban J connectivity index is 0.00000512. The number of carbonyl (C=O) groups excluding carboxylic acids is 2. The van der Waals surface area contributed by atoms with Crippen LogP contribution in [0, 0.1) is 0 Å². The molecule has 1 aliphatic rings. The third-order valence-corrected chi connectivity index (χ3v) is 4.71. The summed E-state index contributed by atoms with van der Waals surface area (Å²) in [5, 5.41) is 3.32. The topological polar surface area (TPSA) is 90.6 Å². The standard InChI is InChI=1S/C22H37N5O4.HI/c1-6-11-27(21(29)31-22(3,4)5)12-10-24-20(23-7-2)26-15-13-25(14-16-26)19(28)18-9-8-17-30-18;/h8-9,17H,6-7,10-16H2,1-5H3,(H,23,24);1H. The van der Waals surface area contributed by atoms with Crippen molar-refractivity contribution in [2.24, 2.45) is 4.99 Å². The van der Waals surface area contributed by atoms with Gasteiger partial charge in [-0.2, -0.15) is 0 Å². The third kappa shape index (κ3) is 8.87. The van der Waals surface area contributed by atoms with E-state index in [9.17, 15) is 9.59 Å². The number of hydrogen-bond donors (Lipinski definition) is 1. The summed E-state index contributed by atoms with van der Waals surface area (Å²) in [6.07, 6.45) is 2.06. The summed E-state index contributed by atoms with van der Waals surface area (Å²) in [7, 11) is 0. The molecule has 32 heavy (non-hydrogen) atoms. The minimum absolute atomic E-state index is 0. The molecule has 0 radical (unpaired) electrons. The van der Waals surface area contributed by atoms with Gasteiger partial charge in [0.2, 0.25) is 0 Å². The number of aliphatic imine (C=N–C) groups is 1. The predicted octanol–water partition coefficient (Wildman–Crippen LogP) is 3.27. The van der Waals surface area contributed by atoms with Crippen molar-refractivity contribution in [1.29, 1.82) is 0 Å². The van der Waals surface area contributed by atoms with E-state index in [-0.39, 0.29) is 36.0 Å². The summed E-state index contributed by atoms with van der Waals surface area (Å²) in [5.74, 6) is 1.08. The highest BCUT2D eigenvalue weighted by Crippen LogP contribution is 2.11. The molecule has 0 unspecified atom stereocenters. The van der Waals surface area contributed by atoms with E-state index >= 15 is 0 Å². The second-order valence-electron chi connectivity index (χ2n) is 8.46. The van der Waals surface area contributed by atoms with Crippen molar-refractivity contribution in [3.8, 4) is 0 Å². The minimum Gasteiger partial charge on any atom is -0.459 e. The fraction of sp³-hybridized carbons (Fsp3) is 0.682. The smallest absolute Gasteiger partial charge is 0.410 e. The van der Waals surface area contributed by atoms with Crippen molar-refractivity contribution in [3.05, 3.63) is 24.2 Å². The van der Waals surface area contributed by atoms with Gasteiger partial charge in [0.25, 0.3) is 5.91 Å². The van der Waals surface area contributed by atoms with Crippen LogP contribution in [0.4, 0.5) is 4.79 Å². The summed E-state index contributed by atoms with van der Waals surface area (Å²) in [6, 6.07) is 3.41. The molecule has 1 fully saturated rings. The van der Waals surface area contributed by atoms with Crippen LogP contribution in [-0.2, 0) is 4.74 Å². The van der Waals surface area contributed by atoms with Crippen molar-refractivity contribution in [3.63, 3.8) is 0 Å². The Labute approximate surface area is 208 Å². The summed E-state index contributed by atoms with van der Waals surface area (Å²) < 4.78 is 10.7. The first-order chi connectivity index (χ1) is 14.7. The van der Waals surface area contributed by atoms with Crippen LogP contribution in [0.1, 0.15) is 51.6 Å². The second kappa shape index (κ2) is 13.5. The Morgan fingerprint density at radius 3 is 2.34 bits per heavy atom. The fourth-order valence-corrected chi connectivity index (χ4v) is 3.27. The molecule has 1 aromatic heterocycles. The number of halogens is 1. The quantitative estimate of drug-likeness (QED) is 0.311. The molecule has 0 aliphatic carbocycles. The van der Waals surface area contributed by atoms with Gasteiger partial charge in [0.05, 0.1) is 12.8 Å².